The SMILES string of the molecule is CC(=O)NC(C(=O)NNC(=S)Nc1ccccc1F)C(C)C. The van der Waals surface area contributed by atoms with Gasteiger partial charge in [0.15, 0.2) is 5.11 Å². The van der Waals surface area contributed by atoms with Crippen molar-refractivity contribution in [3.05, 3.63) is 30.1 Å². The maximum absolute atomic E-state index is 13.4. The average Bonchev–Trinajstić information content (AvgIpc) is 2.44. The number of nitrogens with one attached hydrogen (secondary N) is 4. The summed E-state index contributed by atoms with van der Waals surface area (Å²) < 4.78 is 13.4. The zero-order chi connectivity index (χ0) is 16.7. The van der Waals surface area contributed by atoms with Crippen LogP contribution in [0.4, 0.5) is 10.1 Å². The van der Waals surface area contributed by atoms with E-state index in [0.717, 1.165) is 0 Å². The van der Waals surface area contributed by atoms with Gasteiger partial charge < -0.3 is 10.6 Å². The van der Waals surface area contributed by atoms with E-state index in [1.807, 2.05) is 0 Å². The number of carbonyl (C=O) groups excluding carboxylic acids is 2. The van der Waals surface area contributed by atoms with E-state index in [2.05, 4.69) is 21.5 Å². The molecule has 1 rings (SSSR count). The van der Waals surface area contributed by atoms with Gasteiger partial charge in [0.05, 0.1) is 5.69 Å². The number of rotatable bonds is 4. The minimum absolute atomic E-state index is 0.0313. The van der Waals surface area contributed by atoms with Crippen molar-refractivity contribution in [2.75, 3.05) is 5.32 Å². The fourth-order valence-corrected chi connectivity index (χ4v) is 1.83. The van der Waals surface area contributed by atoms with Crippen LogP contribution in [-0.2, 0) is 9.59 Å². The van der Waals surface area contributed by atoms with E-state index in [9.17, 15) is 14.0 Å². The number of hydrazine groups is 1. The minimum Gasteiger partial charge on any atom is -0.344 e. The van der Waals surface area contributed by atoms with Crippen molar-refractivity contribution in [2.24, 2.45) is 5.92 Å². The van der Waals surface area contributed by atoms with Gasteiger partial charge in [0.2, 0.25) is 5.91 Å². The van der Waals surface area contributed by atoms with Crippen LogP contribution in [0.2, 0.25) is 0 Å². The third-order valence-corrected chi connectivity index (χ3v) is 2.93. The quantitative estimate of drug-likeness (QED) is 0.495. The summed E-state index contributed by atoms with van der Waals surface area (Å²) >= 11 is 4.96. The van der Waals surface area contributed by atoms with Gasteiger partial charge in [-0.1, -0.05) is 26.0 Å². The second-order valence-corrected chi connectivity index (χ2v) is 5.38. The van der Waals surface area contributed by atoms with E-state index in [0.29, 0.717) is 0 Å². The number of benzene rings is 1. The molecule has 120 valence electrons. The highest BCUT2D eigenvalue weighted by Crippen LogP contribution is 2.11. The summed E-state index contributed by atoms with van der Waals surface area (Å²) in [6.45, 7) is 4.94. The smallest absolute Gasteiger partial charge is 0.261 e. The Morgan fingerprint density at radius 2 is 1.82 bits per heavy atom. The lowest BCUT2D eigenvalue weighted by molar-refractivity contribution is -0.129. The first-order valence-electron chi connectivity index (χ1n) is 6.69. The van der Waals surface area contributed by atoms with E-state index >= 15 is 0 Å². The molecule has 4 N–H and O–H groups in total. The highest BCUT2D eigenvalue weighted by Gasteiger charge is 2.22. The largest absolute Gasteiger partial charge is 0.344 e. The molecule has 0 saturated carbocycles. The molecule has 0 spiro atoms. The van der Waals surface area contributed by atoms with E-state index in [-0.39, 0.29) is 22.6 Å². The van der Waals surface area contributed by atoms with Gasteiger partial charge in [-0.05, 0) is 30.3 Å². The molecule has 1 aromatic carbocycles. The number of carbonyl (C=O) groups is 2. The normalized spacial score (nSPS) is 11.5. The Morgan fingerprint density at radius 1 is 1.18 bits per heavy atom. The first-order valence-corrected chi connectivity index (χ1v) is 7.10. The number of anilines is 1. The fraction of sp³-hybridized carbons (Fsp3) is 0.357. The number of amides is 2. The third kappa shape index (κ3) is 5.65. The zero-order valence-electron chi connectivity index (χ0n) is 12.6. The zero-order valence-corrected chi connectivity index (χ0v) is 13.4. The van der Waals surface area contributed by atoms with Crippen LogP contribution >= 0.6 is 12.2 Å². The molecule has 0 aliphatic rings. The molecule has 0 bridgehead atoms. The lowest BCUT2D eigenvalue weighted by atomic mass is 10.0. The van der Waals surface area contributed by atoms with Crippen LogP contribution in [0.5, 0.6) is 0 Å². The molecule has 6 nitrogen and oxygen atoms in total. The van der Waals surface area contributed by atoms with Crippen molar-refractivity contribution in [3.8, 4) is 0 Å². The standard InChI is InChI=1S/C14H19FN4O2S/c1-8(2)12(16-9(3)20)13(21)18-19-14(22)17-11-7-5-4-6-10(11)15/h4-8,12H,1-3H3,(H,16,20)(H,18,21)(H2,17,19,22). The lowest BCUT2D eigenvalue weighted by Crippen LogP contribution is -2.54. The summed E-state index contributed by atoms with van der Waals surface area (Å²) in [6, 6.07) is 5.31. The molecular weight excluding hydrogens is 307 g/mol. The minimum atomic E-state index is -0.693. The number of para-hydroxylation sites is 1. The second kappa shape index (κ2) is 8.28. The lowest BCUT2D eigenvalue weighted by Gasteiger charge is -2.21. The van der Waals surface area contributed by atoms with Crippen molar-refractivity contribution in [1.29, 1.82) is 0 Å². The van der Waals surface area contributed by atoms with Gasteiger partial charge in [-0.25, -0.2) is 4.39 Å². The average molecular weight is 326 g/mol. The monoisotopic (exact) mass is 326 g/mol. The van der Waals surface area contributed by atoms with Crippen LogP contribution in [0.1, 0.15) is 20.8 Å². The van der Waals surface area contributed by atoms with Crippen molar-refractivity contribution < 1.29 is 14.0 Å². The van der Waals surface area contributed by atoms with Gasteiger partial charge in [0.1, 0.15) is 11.9 Å². The fourth-order valence-electron chi connectivity index (χ4n) is 1.67. The Labute approximate surface area is 133 Å². The molecule has 0 heterocycles. The van der Waals surface area contributed by atoms with Crippen molar-refractivity contribution in [3.63, 3.8) is 0 Å². The summed E-state index contributed by atoms with van der Waals surface area (Å²) in [5.41, 5.74) is 5.04. The second-order valence-electron chi connectivity index (χ2n) is 4.97. The van der Waals surface area contributed by atoms with Gasteiger partial charge in [-0.15, -0.1) is 0 Å². The number of thiocarbonyl (C=S) groups is 1. The highest BCUT2D eigenvalue weighted by atomic mass is 32.1. The predicted molar refractivity (Wildman–Crippen MR) is 86.3 cm³/mol. The first-order chi connectivity index (χ1) is 10.3. The molecule has 1 atom stereocenters. The van der Waals surface area contributed by atoms with Gasteiger partial charge >= 0.3 is 0 Å². The van der Waals surface area contributed by atoms with E-state index in [4.69, 9.17) is 12.2 Å². The van der Waals surface area contributed by atoms with Crippen LogP contribution in [0.25, 0.3) is 0 Å². The van der Waals surface area contributed by atoms with Crippen molar-refractivity contribution >= 4 is 34.8 Å². The summed E-state index contributed by atoms with van der Waals surface area (Å²) in [4.78, 5) is 23.1. The summed E-state index contributed by atoms with van der Waals surface area (Å²) in [7, 11) is 0. The first kappa shape index (κ1) is 17.8. The third-order valence-electron chi connectivity index (χ3n) is 2.73. The van der Waals surface area contributed by atoms with Gasteiger partial charge in [0.25, 0.3) is 5.91 Å². The van der Waals surface area contributed by atoms with E-state index in [1.54, 1.807) is 26.0 Å². The van der Waals surface area contributed by atoms with Crippen molar-refractivity contribution in [1.82, 2.24) is 16.2 Å². The Balaban J connectivity index is 2.53. The van der Waals surface area contributed by atoms with Gasteiger partial charge in [-0.2, -0.15) is 0 Å². The molecule has 1 aromatic rings. The van der Waals surface area contributed by atoms with Crippen LogP contribution in [0, 0.1) is 11.7 Å². The van der Waals surface area contributed by atoms with Crippen LogP contribution in [-0.4, -0.2) is 23.0 Å². The Bertz CT molecular complexity index is 566. The van der Waals surface area contributed by atoms with Crippen LogP contribution in [0.3, 0.4) is 0 Å². The number of hydrogen-bond donors (Lipinski definition) is 4. The molecule has 8 heteroatoms. The van der Waals surface area contributed by atoms with Crippen molar-refractivity contribution in [2.45, 2.75) is 26.8 Å². The summed E-state index contributed by atoms with van der Waals surface area (Å²) in [5.74, 6) is -1.31. The van der Waals surface area contributed by atoms with Crippen LogP contribution in [0.15, 0.2) is 24.3 Å². The predicted octanol–water partition coefficient (Wildman–Crippen LogP) is 1.30. The van der Waals surface area contributed by atoms with Gasteiger partial charge in [-0.3, -0.25) is 20.4 Å². The van der Waals surface area contributed by atoms with Gasteiger partial charge in [0, 0.05) is 6.92 Å². The Hall–Kier alpha value is -2.22. The molecule has 1 unspecified atom stereocenters. The maximum atomic E-state index is 13.4. The maximum Gasteiger partial charge on any atom is 0.261 e. The van der Waals surface area contributed by atoms with E-state index < -0.39 is 17.8 Å². The molecular formula is C14H19FN4O2S. The molecule has 0 aliphatic carbocycles. The molecule has 0 aliphatic heterocycles. The topological polar surface area (TPSA) is 82.3 Å². The molecule has 22 heavy (non-hydrogen) atoms. The molecule has 0 radical (unpaired) electrons. The number of halogens is 1. The van der Waals surface area contributed by atoms with E-state index in [1.165, 1.54) is 19.1 Å². The molecule has 0 saturated heterocycles. The Kier molecular flexibility index (Phi) is 6.71. The molecule has 2 amide bonds. The Morgan fingerprint density at radius 3 is 2.36 bits per heavy atom. The molecule has 0 fully saturated rings. The molecule has 0 aromatic heterocycles. The number of hydrogen-bond acceptors (Lipinski definition) is 3. The highest BCUT2D eigenvalue weighted by molar-refractivity contribution is 7.80. The summed E-state index contributed by atoms with van der Waals surface area (Å²) in [5, 5.41) is 5.20. The summed E-state index contributed by atoms with van der Waals surface area (Å²) in [6.07, 6.45) is 0. The van der Waals surface area contributed by atoms with Crippen LogP contribution < -0.4 is 21.5 Å².